The van der Waals surface area contributed by atoms with Crippen LogP contribution in [0.2, 0.25) is 5.02 Å². The molecule has 4 N–H and O–H groups in total. The van der Waals surface area contributed by atoms with E-state index >= 15 is 0 Å². The van der Waals surface area contributed by atoms with Crippen molar-refractivity contribution >= 4 is 49.1 Å². The third-order valence-electron chi connectivity index (χ3n) is 2.42. The van der Waals surface area contributed by atoms with Crippen LogP contribution < -0.4 is 16.0 Å². The summed E-state index contributed by atoms with van der Waals surface area (Å²) in [7, 11) is -4.10. The van der Waals surface area contributed by atoms with Crippen molar-refractivity contribution in [3.63, 3.8) is 0 Å². The predicted molar refractivity (Wildman–Crippen MR) is 82.0 cm³/mol. The van der Waals surface area contributed by atoms with Crippen molar-refractivity contribution < 1.29 is 12.8 Å². The number of nitrogens with two attached hydrogens (primary N) is 1. The van der Waals surface area contributed by atoms with Gasteiger partial charge >= 0.3 is 0 Å². The van der Waals surface area contributed by atoms with E-state index in [1.165, 1.54) is 18.3 Å². The zero-order valence-electron chi connectivity index (χ0n) is 10.3. The van der Waals surface area contributed by atoms with E-state index in [1.54, 1.807) is 0 Å². The first-order valence-corrected chi connectivity index (χ1v) is 8.09. The van der Waals surface area contributed by atoms with E-state index in [9.17, 15) is 12.8 Å². The molecule has 0 saturated heterocycles. The van der Waals surface area contributed by atoms with Gasteiger partial charge in [0.2, 0.25) is 0 Å². The van der Waals surface area contributed by atoms with Gasteiger partial charge in [0.25, 0.3) is 10.0 Å². The van der Waals surface area contributed by atoms with Gasteiger partial charge in [-0.15, -0.1) is 0 Å². The van der Waals surface area contributed by atoms with E-state index in [4.69, 9.17) is 17.4 Å². The molecule has 2 aromatic rings. The van der Waals surface area contributed by atoms with Gasteiger partial charge in [0.05, 0.1) is 5.69 Å². The van der Waals surface area contributed by atoms with Gasteiger partial charge in [-0.3, -0.25) is 4.72 Å². The maximum absolute atomic E-state index is 13.6. The van der Waals surface area contributed by atoms with Crippen LogP contribution >= 0.6 is 27.5 Å². The smallest absolute Gasteiger partial charge is 0.265 e. The molecule has 10 heteroatoms. The quantitative estimate of drug-likeness (QED) is 0.546. The minimum absolute atomic E-state index is 0.0758. The molecule has 112 valence electrons. The molecule has 1 aromatic heterocycles. The van der Waals surface area contributed by atoms with E-state index in [-0.39, 0.29) is 21.4 Å². The highest BCUT2D eigenvalue weighted by Gasteiger charge is 2.21. The number of sulfonamides is 1. The van der Waals surface area contributed by atoms with Crippen LogP contribution in [0.15, 0.2) is 39.8 Å². The maximum atomic E-state index is 13.6. The molecule has 0 aliphatic heterocycles. The van der Waals surface area contributed by atoms with E-state index in [0.717, 1.165) is 12.1 Å². The Morgan fingerprint density at radius 3 is 2.71 bits per heavy atom. The van der Waals surface area contributed by atoms with Crippen LogP contribution in [0.5, 0.6) is 0 Å². The molecule has 6 nitrogen and oxygen atoms in total. The Morgan fingerprint density at radius 1 is 1.33 bits per heavy atom. The Hall–Kier alpha value is -1.42. The second-order valence-electron chi connectivity index (χ2n) is 3.87. The first-order chi connectivity index (χ1) is 9.83. The third-order valence-corrected chi connectivity index (χ3v) is 4.47. The van der Waals surface area contributed by atoms with E-state index < -0.39 is 15.8 Å². The number of pyridine rings is 1. The second-order valence-corrected chi connectivity index (χ2v) is 6.88. The maximum Gasteiger partial charge on any atom is 0.265 e. The molecule has 21 heavy (non-hydrogen) atoms. The third kappa shape index (κ3) is 3.62. The summed E-state index contributed by atoms with van der Waals surface area (Å²) < 4.78 is 40.8. The van der Waals surface area contributed by atoms with Crippen LogP contribution in [0, 0.1) is 5.82 Å². The zero-order valence-corrected chi connectivity index (χ0v) is 13.4. The van der Waals surface area contributed by atoms with Gasteiger partial charge in [-0.1, -0.05) is 11.6 Å². The average Bonchev–Trinajstić information content (AvgIpc) is 2.42. The molecule has 0 aliphatic carbocycles. The summed E-state index contributed by atoms with van der Waals surface area (Å²) >= 11 is 8.83. The van der Waals surface area contributed by atoms with E-state index in [0.29, 0.717) is 4.47 Å². The molecular weight excluding hydrogens is 387 g/mol. The van der Waals surface area contributed by atoms with Gasteiger partial charge in [0.15, 0.2) is 5.82 Å². The first kappa shape index (κ1) is 16.0. The number of nitrogens with one attached hydrogen (secondary N) is 2. The molecule has 0 fully saturated rings. The van der Waals surface area contributed by atoms with Gasteiger partial charge in [0, 0.05) is 15.7 Å². The minimum atomic E-state index is -4.10. The number of halogens is 3. The summed E-state index contributed by atoms with van der Waals surface area (Å²) in [6, 6.07) is 4.81. The lowest BCUT2D eigenvalue weighted by atomic mass is 10.3. The zero-order chi connectivity index (χ0) is 15.6. The Bertz CT molecular complexity index is 788. The van der Waals surface area contributed by atoms with Crippen molar-refractivity contribution in [3.05, 3.63) is 45.8 Å². The number of hydrogen-bond acceptors (Lipinski definition) is 5. The average molecular weight is 396 g/mol. The Kier molecular flexibility index (Phi) is 4.67. The molecule has 0 spiro atoms. The monoisotopic (exact) mass is 394 g/mol. The summed E-state index contributed by atoms with van der Waals surface area (Å²) in [6.45, 7) is 0. The molecule has 1 aromatic carbocycles. The summed E-state index contributed by atoms with van der Waals surface area (Å²) in [5, 5.41) is 0.193. The summed E-state index contributed by atoms with van der Waals surface area (Å²) in [6.07, 6.45) is 1.37. The lowest BCUT2D eigenvalue weighted by Crippen LogP contribution is -2.19. The number of rotatable bonds is 4. The fourth-order valence-electron chi connectivity index (χ4n) is 1.51. The number of anilines is 2. The molecular formula is C11H9BrClFN4O2S. The minimum Gasteiger partial charge on any atom is -0.307 e. The lowest BCUT2D eigenvalue weighted by Gasteiger charge is -2.12. The van der Waals surface area contributed by atoms with Crippen molar-refractivity contribution in [1.29, 1.82) is 0 Å². The Morgan fingerprint density at radius 2 is 2.05 bits per heavy atom. The molecule has 0 bridgehead atoms. The molecule has 0 radical (unpaired) electrons. The highest BCUT2D eigenvalue weighted by molar-refractivity contribution is 9.10. The summed E-state index contributed by atoms with van der Waals surface area (Å²) in [5.74, 6) is 4.40. The van der Waals surface area contributed by atoms with Gasteiger partial charge in [0.1, 0.15) is 10.7 Å². The van der Waals surface area contributed by atoms with Gasteiger partial charge in [-0.25, -0.2) is 23.6 Å². The van der Waals surface area contributed by atoms with Crippen molar-refractivity contribution in [3.8, 4) is 0 Å². The molecule has 2 rings (SSSR count). The fraction of sp³-hybridized carbons (Fsp3) is 0. The number of hydrazine groups is 1. The van der Waals surface area contributed by atoms with Gasteiger partial charge in [-0.05, 0) is 40.2 Å². The summed E-state index contributed by atoms with van der Waals surface area (Å²) in [5.41, 5.74) is 1.90. The Balaban J connectivity index is 2.48. The van der Waals surface area contributed by atoms with Crippen LogP contribution in [0.1, 0.15) is 0 Å². The molecule has 0 unspecified atom stereocenters. The van der Waals surface area contributed by atoms with Crippen molar-refractivity contribution in [2.24, 2.45) is 5.84 Å². The van der Waals surface area contributed by atoms with Gasteiger partial charge < -0.3 is 5.43 Å². The molecule has 1 heterocycles. The number of nitrogens with zero attached hydrogens (tertiary/aromatic N) is 1. The number of benzene rings is 1. The number of nitrogen functional groups attached to an aromatic ring is 1. The second kappa shape index (κ2) is 6.14. The number of hydrogen-bond donors (Lipinski definition) is 3. The lowest BCUT2D eigenvalue weighted by molar-refractivity contribution is 0.598. The largest absolute Gasteiger partial charge is 0.307 e. The highest BCUT2D eigenvalue weighted by Crippen LogP contribution is 2.27. The number of aromatic nitrogens is 1. The van der Waals surface area contributed by atoms with E-state index in [2.05, 4.69) is 31.1 Å². The molecule has 0 amide bonds. The van der Waals surface area contributed by atoms with Crippen LogP contribution in [0.25, 0.3) is 0 Å². The van der Waals surface area contributed by atoms with Crippen molar-refractivity contribution in [1.82, 2.24) is 4.98 Å². The topological polar surface area (TPSA) is 97.1 Å². The first-order valence-electron chi connectivity index (χ1n) is 5.43. The van der Waals surface area contributed by atoms with Crippen LogP contribution in [0.4, 0.5) is 15.9 Å². The molecule has 0 saturated carbocycles. The molecule has 0 aliphatic rings. The SMILES string of the molecule is NNc1ncc(Br)cc1S(=O)(=O)Nc1cc(Cl)ccc1F. The van der Waals surface area contributed by atoms with Crippen LogP contribution in [-0.2, 0) is 10.0 Å². The normalized spacial score (nSPS) is 11.2. The van der Waals surface area contributed by atoms with Crippen LogP contribution in [0.3, 0.4) is 0 Å². The van der Waals surface area contributed by atoms with E-state index in [1.807, 2.05) is 0 Å². The van der Waals surface area contributed by atoms with Crippen molar-refractivity contribution in [2.45, 2.75) is 4.90 Å². The predicted octanol–water partition coefficient (Wildman–Crippen LogP) is 2.72. The summed E-state index contributed by atoms with van der Waals surface area (Å²) in [4.78, 5) is 3.59. The van der Waals surface area contributed by atoms with Gasteiger partial charge in [-0.2, -0.15) is 0 Å². The fourth-order valence-corrected chi connectivity index (χ4v) is 3.37. The molecule has 0 atom stereocenters. The highest BCUT2D eigenvalue weighted by atomic mass is 79.9. The van der Waals surface area contributed by atoms with Crippen LogP contribution in [-0.4, -0.2) is 13.4 Å². The standard InChI is InChI=1S/C11H9BrClFN4O2S/c12-6-3-10(11(17-15)16-5-6)21(19,20)18-9-4-7(13)1-2-8(9)14/h1-5,18H,15H2,(H,16,17). The Labute approximate surface area is 133 Å². The van der Waals surface area contributed by atoms with Crippen molar-refractivity contribution in [2.75, 3.05) is 10.1 Å².